The number of carbonyl (C=O) groups excluding carboxylic acids is 3. The van der Waals surface area contributed by atoms with E-state index in [1.54, 1.807) is 12.3 Å². The number of carboxylic acid groups (broad SMARTS) is 1. The number of carboxylic acids is 1. The minimum absolute atomic E-state index is 0.123. The molecule has 204 valence electrons. The van der Waals surface area contributed by atoms with Crippen LogP contribution >= 0.6 is 34.9 Å². The molecule has 0 saturated carbocycles. The van der Waals surface area contributed by atoms with Gasteiger partial charge in [-0.3, -0.25) is 14.5 Å². The summed E-state index contributed by atoms with van der Waals surface area (Å²) in [5.41, 5.74) is 18.3. The Morgan fingerprint density at radius 1 is 1.44 bits per heavy atom. The average molecular weight is 590 g/mol. The molecule has 4 rings (SSSR count). The predicted molar refractivity (Wildman–Crippen MR) is 144 cm³/mol. The molecule has 0 aromatic carbocycles. The van der Waals surface area contributed by atoms with E-state index in [-0.39, 0.29) is 57.5 Å². The number of rotatable bonds is 10. The van der Waals surface area contributed by atoms with Gasteiger partial charge in [0.1, 0.15) is 5.69 Å². The monoisotopic (exact) mass is 589 g/mol. The van der Waals surface area contributed by atoms with Crippen LogP contribution in [-0.2, 0) is 19.2 Å². The smallest absolute Gasteiger partial charge is 0.302 e. The Morgan fingerprint density at radius 3 is 2.85 bits per heavy atom. The average Bonchev–Trinajstić information content (AvgIpc) is 3.29. The second-order valence-corrected chi connectivity index (χ2v) is 11.2. The van der Waals surface area contributed by atoms with Gasteiger partial charge >= 0.3 is 5.16 Å². The third kappa shape index (κ3) is 6.02. The second kappa shape index (κ2) is 11.8. The molecule has 2 aromatic rings. The lowest BCUT2D eigenvalue weighted by atomic mass is 10.1. The highest BCUT2D eigenvalue weighted by atomic mass is 32.2. The maximum Gasteiger partial charge on any atom is 0.302 e. The summed E-state index contributed by atoms with van der Waals surface area (Å²) in [6, 6.07) is 1.42. The molecule has 1 saturated heterocycles. The van der Waals surface area contributed by atoms with Crippen molar-refractivity contribution in [1.82, 2.24) is 20.2 Å². The summed E-state index contributed by atoms with van der Waals surface area (Å²) in [6.07, 6.45) is 4.70. The number of nitrogens with one attached hydrogen (secondary N) is 1. The number of β-lactam (4-membered cyclic amide) rings is 1. The summed E-state index contributed by atoms with van der Waals surface area (Å²) in [5, 5.41) is 20.3. The highest BCUT2D eigenvalue weighted by Crippen LogP contribution is 2.40. The number of oxime groups is 1. The summed E-state index contributed by atoms with van der Waals surface area (Å²) in [7, 11) is 0. The molecule has 0 bridgehead atoms. The van der Waals surface area contributed by atoms with Gasteiger partial charge in [0.15, 0.2) is 23.6 Å². The van der Waals surface area contributed by atoms with Gasteiger partial charge in [-0.05, 0) is 24.3 Å². The second-order valence-electron chi connectivity index (χ2n) is 8.16. The number of carbonyl (C=O) groups is 3. The topological polar surface area (TPSA) is 219 Å². The van der Waals surface area contributed by atoms with Crippen LogP contribution in [0.25, 0.3) is 0 Å². The van der Waals surface area contributed by atoms with Crippen molar-refractivity contribution < 1.29 is 28.9 Å². The molecule has 17 heteroatoms. The van der Waals surface area contributed by atoms with Gasteiger partial charge < -0.3 is 37.3 Å². The third-order valence-electron chi connectivity index (χ3n) is 5.52. The SMILES string of the molecule is C#CCO/N=C(\C(=O)NC(C)[n+]1c(N)cc(N)nc1SCC1=C(C(=O)[O-])N2C(=O)CC2SC1)c1csc(N)n1. The Balaban J connectivity index is 1.58. The Labute approximate surface area is 235 Å². The van der Waals surface area contributed by atoms with Gasteiger partial charge in [-0.25, -0.2) is 9.55 Å². The Hall–Kier alpha value is -4.01. The molecule has 2 unspecified atom stereocenters. The van der Waals surface area contributed by atoms with Crippen LogP contribution < -0.4 is 32.2 Å². The van der Waals surface area contributed by atoms with Gasteiger partial charge in [0.25, 0.3) is 5.91 Å². The molecule has 0 radical (unpaired) electrons. The lowest BCUT2D eigenvalue weighted by molar-refractivity contribution is -0.747. The van der Waals surface area contributed by atoms with Crippen LogP contribution in [0.15, 0.2) is 33.0 Å². The number of terminal acetylenes is 1. The van der Waals surface area contributed by atoms with Crippen molar-refractivity contribution in [2.75, 3.05) is 35.3 Å². The minimum Gasteiger partial charge on any atom is -0.543 e. The fourth-order valence-corrected chi connectivity index (χ4v) is 6.86. The van der Waals surface area contributed by atoms with Crippen molar-refractivity contribution in [3.63, 3.8) is 0 Å². The Kier molecular flexibility index (Phi) is 8.47. The number of hydrogen-bond donors (Lipinski definition) is 4. The lowest BCUT2D eigenvalue weighted by Crippen LogP contribution is -2.56. The van der Waals surface area contributed by atoms with Gasteiger partial charge in [0, 0.05) is 16.9 Å². The minimum atomic E-state index is -1.42. The largest absolute Gasteiger partial charge is 0.543 e. The number of anilines is 3. The van der Waals surface area contributed by atoms with E-state index in [0.717, 1.165) is 23.1 Å². The molecule has 1 fully saturated rings. The number of aliphatic carboxylic acids is 1. The van der Waals surface area contributed by atoms with Gasteiger partial charge in [0.2, 0.25) is 17.5 Å². The maximum absolute atomic E-state index is 13.2. The lowest BCUT2D eigenvalue weighted by Gasteiger charge is -2.45. The standard InChI is InChI=1S/C22H23N9O5S3/c1-3-4-36-29-17(12-9-38-21(25)27-12)19(33)26-10(2)30-14(24)5-13(23)28-22(30)39-8-11-7-37-16-6-15(32)31(16)18(11)20(34)35/h1,5,9-10,16H,4,6-8H2,2H3,(H7,23,24,25,26,27,33,34,35)/b29-17-. The van der Waals surface area contributed by atoms with Crippen molar-refractivity contribution in [3.05, 3.63) is 28.4 Å². The first-order chi connectivity index (χ1) is 18.6. The highest BCUT2D eigenvalue weighted by molar-refractivity contribution is 8.00. The molecule has 14 nitrogen and oxygen atoms in total. The third-order valence-corrected chi connectivity index (χ3v) is 8.51. The number of amides is 2. The number of thioether (sulfide) groups is 2. The molecule has 2 amide bonds. The van der Waals surface area contributed by atoms with Crippen LogP contribution in [0.1, 0.15) is 25.2 Å². The maximum atomic E-state index is 13.2. The number of fused-ring (bicyclic) bond motifs is 1. The zero-order valence-electron chi connectivity index (χ0n) is 20.4. The number of aromatic nitrogens is 3. The van der Waals surface area contributed by atoms with Gasteiger partial charge in [-0.15, -0.1) is 29.5 Å². The van der Waals surface area contributed by atoms with E-state index in [2.05, 4.69) is 26.4 Å². The van der Waals surface area contributed by atoms with Crippen molar-refractivity contribution in [3.8, 4) is 12.3 Å². The summed E-state index contributed by atoms with van der Waals surface area (Å²) in [6.45, 7) is 1.49. The normalized spacial score (nSPS) is 17.6. The first kappa shape index (κ1) is 28.0. The molecule has 2 aliphatic heterocycles. The van der Waals surface area contributed by atoms with Crippen LogP contribution in [0.2, 0.25) is 0 Å². The van der Waals surface area contributed by atoms with Crippen LogP contribution in [-0.4, -0.2) is 61.8 Å². The fourth-order valence-electron chi connectivity index (χ4n) is 3.81. The number of nitrogens with two attached hydrogens (primary N) is 3. The van der Waals surface area contributed by atoms with Crippen molar-refractivity contribution >= 4 is 75.1 Å². The first-order valence-corrected chi connectivity index (χ1v) is 14.1. The Bertz CT molecular complexity index is 1430. The van der Waals surface area contributed by atoms with Crippen molar-refractivity contribution in [1.29, 1.82) is 0 Å². The number of nitrogens with zero attached hydrogens (tertiary/aromatic N) is 5. The molecule has 39 heavy (non-hydrogen) atoms. The van der Waals surface area contributed by atoms with E-state index < -0.39 is 18.0 Å². The predicted octanol–water partition coefficient (Wildman–Crippen LogP) is -1.34. The first-order valence-electron chi connectivity index (χ1n) is 11.2. The van der Waals surface area contributed by atoms with Gasteiger partial charge in [0.05, 0.1) is 29.5 Å². The number of hydrogen-bond acceptors (Lipinski definition) is 14. The van der Waals surface area contributed by atoms with E-state index in [4.69, 9.17) is 28.5 Å². The zero-order chi connectivity index (χ0) is 28.3. The molecule has 7 N–H and O–H groups in total. The van der Waals surface area contributed by atoms with E-state index >= 15 is 0 Å². The van der Waals surface area contributed by atoms with E-state index in [0.29, 0.717) is 22.9 Å². The van der Waals surface area contributed by atoms with Crippen LogP contribution in [0.5, 0.6) is 0 Å². The molecule has 2 atom stereocenters. The molecule has 0 aliphatic carbocycles. The number of nitrogen functional groups attached to an aromatic ring is 3. The molecule has 4 heterocycles. The van der Waals surface area contributed by atoms with Crippen molar-refractivity contribution in [2.45, 2.75) is 30.0 Å². The summed E-state index contributed by atoms with van der Waals surface area (Å²) in [5.74, 6) is 0.787. The van der Waals surface area contributed by atoms with Gasteiger partial charge in [-0.1, -0.05) is 16.1 Å². The Morgan fingerprint density at radius 2 is 2.21 bits per heavy atom. The quantitative estimate of drug-likeness (QED) is 0.0370. The highest BCUT2D eigenvalue weighted by Gasteiger charge is 2.43. The van der Waals surface area contributed by atoms with Crippen LogP contribution in [0.3, 0.4) is 0 Å². The molecule has 2 aromatic heterocycles. The van der Waals surface area contributed by atoms with Crippen LogP contribution in [0.4, 0.5) is 16.8 Å². The van der Waals surface area contributed by atoms with Crippen molar-refractivity contribution in [2.24, 2.45) is 5.16 Å². The molecule has 2 aliphatic rings. The molecule has 0 spiro atoms. The summed E-state index contributed by atoms with van der Waals surface area (Å²) >= 11 is 3.74. The van der Waals surface area contributed by atoms with E-state index in [1.165, 1.54) is 27.3 Å². The van der Waals surface area contributed by atoms with Gasteiger partial charge in [-0.2, -0.15) is 0 Å². The van der Waals surface area contributed by atoms with Crippen LogP contribution in [0, 0.1) is 12.3 Å². The molecular formula is C22H23N9O5S3. The summed E-state index contributed by atoms with van der Waals surface area (Å²) in [4.78, 5) is 51.7. The molecular weight excluding hydrogens is 567 g/mol. The zero-order valence-corrected chi connectivity index (χ0v) is 22.9. The van der Waals surface area contributed by atoms with E-state index in [9.17, 15) is 19.5 Å². The van der Waals surface area contributed by atoms with E-state index in [1.807, 2.05) is 0 Å². The number of thiazole rings is 1. The summed E-state index contributed by atoms with van der Waals surface area (Å²) < 4.78 is 1.51. The fraction of sp³-hybridized carbons (Fsp3) is 0.318.